The second-order valence-corrected chi connectivity index (χ2v) is 11.8. The van der Waals surface area contributed by atoms with Crippen LogP contribution in [0.4, 0.5) is 4.79 Å². The lowest BCUT2D eigenvalue weighted by molar-refractivity contribution is 0.0490. The third-order valence-electron chi connectivity index (χ3n) is 7.54. The molecular formula is C36H68N2O2. The minimum atomic E-state index is -0.255. The van der Waals surface area contributed by atoms with Gasteiger partial charge in [-0.2, -0.15) is 0 Å². The van der Waals surface area contributed by atoms with Crippen LogP contribution >= 0.6 is 0 Å². The van der Waals surface area contributed by atoms with Crippen molar-refractivity contribution >= 4 is 6.09 Å². The molecule has 0 radical (unpaired) electrons. The molecule has 0 aliphatic heterocycles. The fraction of sp³-hybridized carbons (Fsp3) is 0.806. The predicted octanol–water partition coefficient (Wildman–Crippen LogP) is 10.8. The van der Waals surface area contributed by atoms with Gasteiger partial charge in [-0.15, -0.1) is 0 Å². The van der Waals surface area contributed by atoms with Crippen molar-refractivity contribution < 1.29 is 9.53 Å². The topological polar surface area (TPSA) is 41.6 Å². The van der Waals surface area contributed by atoms with Crippen LogP contribution in [0.3, 0.4) is 0 Å². The van der Waals surface area contributed by atoms with Crippen LogP contribution in [-0.2, 0) is 4.74 Å². The maximum atomic E-state index is 12.7. The highest BCUT2D eigenvalue weighted by Crippen LogP contribution is 2.26. The summed E-state index contributed by atoms with van der Waals surface area (Å²) in [6, 6.07) is 0. The van der Waals surface area contributed by atoms with Crippen molar-refractivity contribution in [2.24, 2.45) is 5.92 Å². The van der Waals surface area contributed by atoms with E-state index in [2.05, 4.69) is 67.4 Å². The molecule has 0 fully saturated rings. The van der Waals surface area contributed by atoms with E-state index in [1.807, 2.05) is 14.1 Å². The molecule has 1 N–H and O–H groups in total. The number of nitrogens with zero attached hydrogens (tertiary/aromatic N) is 1. The molecule has 40 heavy (non-hydrogen) atoms. The molecule has 0 saturated carbocycles. The molecule has 1 amide bonds. The van der Waals surface area contributed by atoms with Gasteiger partial charge in [-0.1, -0.05) is 102 Å². The van der Waals surface area contributed by atoms with Crippen molar-refractivity contribution in [1.82, 2.24) is 10.2 Å². The lowest BCUT2D eigenvalue weighted by Gasteiger charge is -2.27. The third kappa shape index (κ3) is 26.7. The summed E-state index contributed by atoms with van der Waals surface area (Å²) in [7, 11) is 4.04. The van der Waals surface area contributed by atoms with E-state index >= 15 is 0 Å². The van der Waals surface area contributed by atoms with Crippen LogP contribution in [0.2, 0.25) is 0 Å². The molecular weight excluding hydrogens is 492 g/mol. The summed E-state index contributed by atoms with van der Waals surface area (Å²) >= 11 is 0. The van der Waals surface area contributed by atoms with Crippen molar-refractivity contribution in [1.29, 1.82) is 0 Å². The van der Waals surface area contributed by atoms with Gasteiger partial charge in [-0.05, 0) is 103 Å². The predicted molar refractivity (Wildman–Crippen MR) is 177 cm³/mol. The molecule has 4 heteroatoms. The first-order valence-electron chi connectivity index (χ1n) is 17.1. The number of rotatable bonds is 28. The standard InChI is InChI=1S/C36H68N2O2/c1-6-9-12-15-18-20-22-24-27-30-34(29-26-23-21-19-16-13-10-7-2)35(31-28-25-17-14-11-8-3)40-36(39)37-32-33-38(4)5/h17,19-22,25,34-35H,6-16,18,23-24,26-33H2,1-5H3,(H,37,39)/b21-19-,22-20-,25-17+. The maximum Gasteiger partial charge on any atom is 0.407 e. The number of allylic oxidation sites excluding steroid dienone is 6. The third-order valence-corrected chi connectivity index (χ3v) is 7.54. The van der Waals surface area contributed by atoms with Crippen LogP contribution in [-0.4, -0.2) is 44.3 Å². The van der Waals surface area contributed by atoms with E-state index in [9.17, 15) is 4.79 Å². The Hall–Kier alpha value is -1.55. The number of hydrogen-bond donors (Lipinski definition) is 1. The number of carbonyl (C=O) groups is 1. The average Bonchev–Trinajstić information content (AvgIpc) is 2.93. The van der Waals surface area contributed by atoms with E-state index in [4.69, 9.17) is 4.74 Å². The highest BCUT2D eigenvalue weighted by Gasteiger charge is 2.24. The van der Waals surface area contributed by atoms with E-state index in [0.717, 1.165) is 64.3 Å². The van der Waals surface area contributed by atoms with Crippen LogP contribution in [0.25, 0.3) is 0 Å². The SMILES string of the molecule is CCCC/C=C/CCC(OC(=O)NCCN(C)C)C(CCC/C=C\CCCCC)CCC/C=C\CCCCCC. The Kier molecular flexibility index (Phi) is 29.2. The summed E-state index contributed by atoms with van der Waals surface area (Å²) in [6.07, 6.45) is 37.7. The van der Waals surface area contributed by atoms with Crippen molar-refractivity contribution in [2.45, 2.75) is 155 Å². The zero-order valence-electron chi connectivity index (χ0n) is 27.4. The normalized spacial score (nSPS) is 13.7. The Morgan fingerprint density at radius 3 is 1.65 bits per heavy atom. The lowest BCUT2D eigenvalue weighted by Crippen LogP contribution is -2.36. The minimum absolute atomic E-state index is 0.0262. The number of ether oxygens (including phenoxy) is 1. The van der Waals surface area contributed by atoms with Gasteiger partial charge < -0.3 is 15.0 Å². The molecule has 0 aliphatic rings. The van der Waals surface area contributed by atoms with Crippen molar-refractivity contribution in [3.05, 3.63) is 36.5 Å². The minimum Gasteiger partial charge on any atom is -0.446 e. The maximum absolute atomic E-state index is 12.7. The zero-order chi connectivity index (χ0) is 29.5. The molecule has 0 spiro atoms. The molecule has 0 aromatic rings. The molecule has 0 aromatic carbocycles. The summed E-state index contributed by atoms with van der Waals surface area (Å²) in [5.74, 6) is 0.412. The van der Waals surface area contributed by atoms with Crippen molar-refractivity contribution in [3.63, 3.8) is 0 Å². The molecule has 0 heterocycles. The highest BCUT2D eigenvalue weighted by molar-refractivity contribution is 5.67. The first kappa shape index (κ1) is 38.5. The fourth-order valence-corrected chi connectivity index (χ4v) is 4.95. The summed E-state index contributed by atoms with van der Waals surface area (Å²) < 4.78 is 6.14. The molecule has 2 unspecified atom stereocenters. The summed E-state index contributed by atoms with van der Waals surface area (Å²) in [5.41, 5.74) is 0. The van der Waals surface area contributed by atoms with Gasteiger partial charge in [0, 0.05) is 13.1 Å². The molecule has 234 valence electrons. The number of nitrogens with one attached hydrogen (secondary N) is 1. The Labute approximate surface area is 250 Å². The number of likely N-dealkylation sites (N-methyl/N-ethyl adjacent to an activating group) is 1. The molecule has 0 aliphatic carbocycles. The van der Waals surface area contributed by atoms with Gasteiger partial charge >= 0.3 is 6.09 Å². The first-order valence-corrected chi connectivity index (χ1v) is 17.1. The van der Waals surface area contributed by atoms with Gasteiger partial charge in [0.1, 0.15) is 6.10 Å². The number of alkyl carbamates (subject to hydrolysis) is 1. The molecule has 4 nitrogen and oxygen atoms in total. The summed E-state index contributed by atoms with van der Waals surface area (Å²) in [6.45, 7) is 8.20. The molecule has 0 aromatic heterocycles. The average molecular weight is 561 g/mol. The Morgan fingerprint density at radius 1 is 0.625 bits per heavy atom. The highest BCUT2D eigenvalue weighted by atomic mass is 16.6. The van der Waals surface area contributed by atoms with Gasteiger partial charge in [0.15, 0.2) is 0 Å². The quantitative estimate of drug-likeness (QED) is 0.0764. The van der Waals surface area contributed by atoms with E-state index in [1.165, 1.54) is 70.6 Å². The van der Waals surface area contributed by atoms with Crippen LogP contribution < -0.4 is 5.32 Å². The smallest absolute Gasteiger partial charge is 0.407 e. The Bertz CT molecular complexity index is 626. The monoisotopic (exact) mass is 561 g/mol. The lowest BCUT2D eigenvalue weighted by atomic mass is 9.88. The zero-order valence-corrected chi connectivity index (χ0v) is 27.4. The number of carbonyl (C=O) groups excluding carboxylic acids is 1. The van der Waals surface area contributed by atoms with Gasteiger partial charge in [-0.3, -0.25) is 0 Å². The Morgan fingerprint density at radius 2 is 1.10 bits per heavy atom. The van der Waals surface area contributed by atoms with Gasteiger partial charge in [0.25, 0.3) is 0 Å². The van der Waals surface area contributed by atoms with E-state index < -0.39 is 0 Å². The van der Waals surface area contributed by atoms with Crippen LogP contribution in [0, 0.1) is 5.92 Å². The summed E-state index contributed by atoms with van der Waals surface area (Å²) in [5, 5.41) is 2.98. The van der Waals surface area contributed by atoms with Gasteiger partial charge in [-0.25, -0.2) is 4.79 Å². The number of amides is 1. The van der Waals surface area contributed by atoms with Gasteiger partial charge in [0.2, 0.25) is 0 Å². The Balaban J connectivity index is 5.09. The first-order chi connectivity index (χ1) is 19.5. The van der Waals surface area contributed by atoms with Crippen molar-refractivity contribution in [2.75, 3.05) is 27.2 Å². The van der Waals surface area contributed by atoms with Crippen molar-refractivity contribution in [3.8, 4) is 0 Å². The van der Waals surface area contributed by atoms with E-state index in [0.29, 0.717) is 12.5 Å². The molecule has 2 atom stereocenters. The van der Waals surface area contributed by atoms with Crippen LogP contribution in [0.15, 0.2) is 36.5 Å². The van der Waals surface area contributed by atoms with E-state index in [-0.39, 0.29) is 12.2 Å². The molecule has 0 saturated heterocycles. The van der Waals surface area contributed by atoms with Crippen LogP contribution in [0.1, 0.15) is 149 Å². The largest absolute Gasteiger partial charge is 0.446 e. The second-order valence-electron chi connectivity index (χ2n) is 11.8. The number of unbranched alkanes of at least 4 members (excludes halogenated alkanes) is 11. The molecule has 0 bridgehead atoms. The second kappa shape index (κ2) is 30.4. The molecule has 0 rings (SSSR count). The number of hydrogen-bond acceptors (Lipinski definition) is 3. The van der Waals surface area contributed by atoms with Crippen LogP contribution in [0.5, 0.6) is 0 Å². The van der Waals surface area contributed by atoms with E-state index in [1.54, 1.807) is 0 Å². The van der Waals surface area contributed by atoms with Gasteiger partial charge in [0.05, 0.1) is 0 Å². The fourth-order valence-electron chi connectivity index (χ4n) is 4.95. The summed E-state index contributed by atoms with van der Waals surface area (Å²) in [4.78, 5) is 14.8.